The molecule has 0 fully saturated rings. The number of nitrogens with one attached hydrogen (secondary N) is 1. The Morgan fingerprint density at radius 2 is 1.88 bits per heavy atom. The van der Waals surface area contributed by atoms with Crippen LogP contribution in [0.25, 0.3) is 0 Å². The summed E-state index contributed by atoms with van der Waals surface area (Å²) in [6.07, 6.45) is 0.559. The van der Waals surface area contributed by atoms with Gasteiger partial charge in [-0.25, -0.2) is 0 Å². The van der Waals surface area contributed by atoms with Gasteiger partial charge in [0.25, 0.3) is 0 Å². The highest BCUT2D eigenvalue weighted by Gasteiger charge is 2.03. The van der Waals surface area contributed by atoms with Gasteiger partial charge in [-0.15, -0.1) is 0 Å². The average Bonchev–Trinajstić information content (AvgIpc) is 2.26. The van der Waals surface area contributed by atoms with Crippen molar-refractivity contribution in [2.75, 3.05) is 0 Å². The molecule has 1 rings (SSSR count). The van der Waals surface area contributed by atoms with Crippen LogP contribution in [0.2, 0.25) is 0 Å². The number of allylic oxidation sites excluding steroid dienone is 1. The summed E-state index contributed by atoms with van der Waals surface area (Å²) in [6, 6.07) is 7.78. The molecule has 90 valence electrons. The largest absolute Gasteiger partial charge is 0.352 e. The number of benzene rings is 1. The Bertz CT molecular complexity index is 449. The van der Waals surface area contributed by atoms with Crippen LogP contribution in [0.4, 0.5) is 0 Å². The topological polar surface area (TPSA) is 46.2 Å². The van der Waals surface area contributed by atoms with E-state index in [4.69, 9.17) is 0 Å². The molecule has 1 aromatic rings. The van der Waals surface area contributed by atoms with E-state index < -0.39 is 0 Å². The molecule has 1 N–H and O–H groups in total. The van der Waals surface area contributed by atoms with E-state index in [1.54, 1.807) is 0 Å². The van der Waals surface area contributed by atoms with Crippen LogP contribution in [0.1, 0.15) is 25.0 Å². The van der Waals surface area contributed by atoms with Gasteiger partial charge < -0.3 is 5.32 Å². The van der Waals surface area contributed by atoms with Crippen molar-refractivity contribution in [1.29, 1.82) is 0 Å². The van der Waals surface area contributed by atoms with Crippen LogP contribution >= 0.6 is 0 Å². The van der Waals surface area contributed by atoms with E-state index in [9.17, 15) is 9.59 Å². The van der Waals surface area contributed by atoms with Crippen LogP contribution in [0.5, 0.6) is 0 Å². The standard InChI is InChI=1S/C14H17NO2/c1-10(11(2)16)7-13-5-4-6-14(8-13)9-15-12(3)17/h4-6,8H,1,7,9H2,2-3H3,(H,15,17). The lowest BCUT2D eigenvalue weighted by Gasteiger charge is -2.06. The molecule has 1 amide bonds. The van der Waals surface area contributed by atoms with Gasteiger partial charge in [0.1, 0.15) is 0 Å². The summed E-state index contributed by atoms with van der Waals surface area (Å²) in [5, 5.41) is 2.74. The van der Waals surface area contributed by atoms with E-state index >= 15 is 0 Å². The molecule has 0 aliphatic heterocycles. The third-order valence-corrected chi connectivity index (χ3v) is 2.45. The number of carbonyl (C=O) groups excluding carboxylic acids is 2. The second-order valence-electron chi connectivity index (χ2n) is 4.07. The van der Waals surface area contributed by atoms with Crippen LogP contribution in [0.3, 0.4) is 0 Å². The molecule has 0 heterocycles. The van der Waals surface area contributed by atoms with Gasteiger partial charge >= 0.3 is 0 Å². The molecule has 0 atom stereocenters. The molecule has 1 aromatic carbocycles. The molecule has 0 aromatic heterocycles. The maximum atomic E-state index is 11.1. The molecule has 0 saturated carbocycles. The fourth-order valence-corrected chi connectivity index (χ4v) is 1.45. The molecule has 0 radical (unpaired) electrons. The van der Waals surface area contributed by atoms with Crippen molar-refractivity contribution in [3.8, 4) is 0 Å². The van der Waals surface area contributed by atoms with E-state index in [0.29, 0.717) is 18.5 Å². The molecule has 0 aliphatic rings. The fraction of sp³-hybridized carbons (Fsp3) is 0.286. The van der Waals surface area contributed by atoms with Crippen LogP contribution in [-0.2, 0) is 22.6 Å². The Morgan fingerprint density at radius 3 is 2.47 bits per heavy atom. The van der Waals surface area contributed by atoms with E-state index in [0.717, 1.165) is 11.1 Å². The Morgan fingerprint density at radius 1 is 1.24 bits per heavy atom. The van der Waals surface area contributed by atoms with Crippen molar-refractivity contribution in [3.63, 3.8) is 0 Å². The van der Waals surface area contributed by atoms with Crippen molar-refractivity contribution in [2.24, 2.45) is 0 Å². The summed E-state index contributed by atoms with van der Waals surface area (Å²) in [6.45, 7) is 7.25. The fourth-order valence-electron chi connectivity index (χ4n) is 1.45. The molecule has 0 unspecified atom stereocenters. The van der Waals surface area contributed by atoms with Gasteiger partial charge in [-0.05, 0) is 23.6 Å². The van der Waals surface area contributed by atoms with Gasteiger partial charge in [-0.3, -0.25) is 9.59 Å². The number of hydrogen-bond acceptors (Lipinski definition) is 2. The van der Waals surface area contributed by atoms with Gasteiger partial charge in [0.2, 0.25) is 5.91 Å². The molecular weight excluding hydrogens is 214 g/mol. The minimum Gasteiger partial charge on any atom is -0.352 e. The number of rotatable bonds is 5. The Kier molecular flexibility index (Phi) is 4.64. The van der Waals surface area contributed by atoms with Crippen molar-refractivity contribution < 1.29 is 9.59 Å². The first-order valence-corrected chi connectivity index (χ1v) is 5.50. The number of ketones is 1. The van der Waals surface area contributed by atoms with Gasteiger partial charge in [0, 0.05) is 19.9 Å². The molecule has 3 nitrogen and oxygen atoms in total. The number of hydrogen-bond donors (Lipinski definition) is 1. The number of Topliss-reactive ketones (excluding diaryl/α,β-unsaturated/α-hetero) is 1. The molecule has 0 aliphatic carbocycles. The minimum atomic E-state index is -0.0523. The Balaban J connectivity index is 2.68. The maximum absolute atomic E-state index is 11.1. The first kappa shape index (κ1) is 13.2. The van der Waals surface area contributed by atoms with Gasteiger partial charge in [0.05, 0.1) is 0 Å². The summed E-state index contributed by atoms with van der Waals surface area (Å²) in [5.74, 6) is -0.0409. The third-order valence-electron chi connectivity index (χ3n) is 2.45. The first-order valence-electron chi connectivity index (χ1n) is 5.50. The van der Waals surface area contributed by atoms with E-state index in [1.807, 2.05) is 24.3 Å². The van der Waals surface area contributed by atoms with Crippen molar-refractivity contribution in [1.82, 2.24) is 5.32 Å². The van der Waals surface area contributed by atoms with Gasteiger partial charge in [-0.1, -0.05) is 30.8 Å². The summed E-state index contributed by atoms with van der Waals surface area (Å²) in [7, 11) is 0. The summed E-state index contributed by atoms with van der Waals surface area (Å²) >= 11 is 0. The highest BCUT2D eigenvalue weighted by Crippen LogP contribution is 2.10. The predicted molar refractivity (Wildman–Crippen MR) is 67.5 cm³/mol. The van der Waals surface area contributed by atoms with Gasteiger partial charge in [-0.2, -0.15) is 0 Å². The maximum Gasteiger partial charge on any atom is 0.217 e. The van der Waals surface area contributed by atoms with Crippen molar-refractivity contribution >= 4 is 11.7 Å². The zero-order valence-corrected chi connectivity index (χ0v) is 10.2. The normalized spacial score (nSPS) is 9.76. The first-order chi connectivity index (χ1) is 7.99. The highest BCUT2D eigenvalue weighted by atomic mass is 16.1. The minimum absolute atomic E-state index is 0.0114. The molecule has 0 spiro atoms. The van der Waals surface area contributed by atoms with Crippen LogP contribution in [0.15, 0.2) is 36.4 Å². The Hall–Kier alpha value is -1.90. The SMILES string of the molecule is C=C(Cc1cccc(CNC(C)=O)c1)C(C)=O. The van der Waals surface area contributed by atoms with Crippen LogP contribution < -0.4 is 5.32 Å². The summed E-state index contributed by atoms with van der Waals surface area (Å²) in [4.78, 5) is 21.9. The highest BCUT2D eigenvalue weighted by molar-refractivity contribution is 5.92. The zero-order valence-electron chi connectivity index (χ0n) is 10.2. The lowest BCUT2D eigenvalue weighted by Crippen LogP contribution is -2.18. The number of carbonyl (C=O) groups is 2. The van der Waals surface area contributed by atoms with Crippen LogP contribution in [0, 0.1) is 0 Å². The predicted octanol–water partition coefficient (Wildman–Crippen LogP) is 2.01. The second-order valence-corrected chi connectivity index (χ2v) is 4.07. The molecule has 0 saturated heterocycles. The van der Waals surface area contributed by atoms with E-state index in [-0.39, 0.29) is 11.7 Å². The second kappa shape index (κ2) is 5.99. The molecule has 3 heteroatoms. The average molecular weight is 231 g/mol. The summed E-state index contributed by atoms with van der Waals surface area (Å²) in [5.41, 5.74) is 2.66. The van der Waals surface area contributed by atoms with Crippen molar-refractivity contribution in [3.05, 3.63) is 47.5 Å². The summed E-state index contributed by atoms with van der Waals surface area (Å²) < 4.78 is 0. The van der Waals surface area contributed by atoms with Crippen molar-refractivity contribution in [2.45, 2.75) is 26.8 Å². The van der Waals surface area contributed by atoms with Crippen LogP contribution in [-0.4, -0.2) is 11.7 Å². The lowest BCUT2D eigenvalue weighted by atomic mass is 10.0. The van der Waals surface area contributed by atoms with E-state index in [2.05, 4.69) is 11.9 Å². The quantitative estimate of drug-likeness (QED) is 0.788. The third kappa shape index (κ3) is 4.64. The van der Waals surface area contributed by atoms with Gasteiger partial charge in [0.15, 0.2) is 5.78 Å². The zero-order chi connectivity index (χ0) is 12.8. The molecular formula is C14H17NO2. The monoisotopic (exact) mass is 231 g/mol. The Labute approximate surface area is 102 Å². The molecule has 17 heavy (non-hydrogen) atoms. The van der Waals surface area contributed by atoms with E-state index in [1.165, 1.54) is 13.8 Å². The lowest BCUT2D eigenvalue weighted by molar-refractivity contribution is -0.119. The smallest absolute Gasteiger partial charge is 0.217 e. The number of amides is 1. The molecule has 0 bridgehead atoms.